The molecule has 0 rings (SSSR count). The molecular formula is C12H27NO3. The highest BCUT2D eigenvalue weighted by molar-refractivity contribution is 5.85. The molecule has 0 saturated heterocycles. The predicted octanol–water partition coefficient (Wildman–Crippen LogP) is 3.01. The zero-order chi connectivity index (χ0) is 13.1. The van der Waals surface area contributed by atoms with Crippen LogP contribution in [0.15, 0.2) is 0 Å². The van der Waals surface area contributed by atoms with Crippen LogP contribution in [0.1, 0.15) is 48.9 Å². The van der Waals surface area contributed by atoms with E-state index in [-0.39, 0.29) is 13.1 Å². The molecule has 0 saturated carbocycles. The summed E-state index contributed by atoms with van der Waals surface area (Å²) in [6.07, 6.45) is 1.54. The fourth-order valence-electron chi connectivity index (χ4n) is 1.07. The molecule has 0 aromatic rings. The van der Waals surface area contributed by atoms with Crippen molar-refractivity contribution in [3.63, 3.8) is 0 Å². The second-order valence-electron chi connectivity index (χ2n) is 3.82. The van der Waals surface area contributed by atoms with E-state index in [1.807, 2.05) is 13.8 Å². The molecule has 0 spiro atoms. The van der Waals surface area contributed by atoms with Crippen LogP contribution in [0.3, 0.4) is 0 Å². The molecule has 1 amide bonds. The zero-order valence-corrected chi connectivity index (χ0v) is 11.3. The average molecular weight is 233 g/mol. The maximum Gasteiger partial charge on any atom is 0.407 e. The van der Waals surface area contributed by atoms with Crippen molar-refractivity contribution < 1.29 is 15.8 Å². The number of methoxy groups -OCH3 is 1. The molecule has 98 valence electrons. The van der Waals surface area contributed by atoms with Gasteiger partial charge >= 0.3 is 6.09 Å². The first-order valence-electron chi connectivity index (χ1n) is 5.79. The summed E-state index contributed by atoms with van der Waals surface area (Å²) in [5, 5.41) is 2.51. The van der Waals surface area contributed by atoms with E-state index in [1.165, 1.54) is 20.5 Å². The van der Waals surface area contributed by atoms with Crippen LogP contribution in [0.2, 0.25) is 0 Å². The van der Waals surface area contributed by atoms with Crippen LogP contribution in [0.5, 0.6) is 0 Å². The number of amides is 1. The first-order valence-corrected chi connectivity index (χ1v) is 5.79. The first kappa shape index (κ1) is 17.3. The third-order valence-electron chi connectivity index (χ3n) is 2.11. The van der Waals surface area contributed by atoms with Crippen molar-refractivity contribution in [2.24, 2.45) is 5.92 Å². The van der Waals surface area contributed by atoms with Gasteiger partial charge in [-0.05, 0) is 12.8 Å². The van der Waals surface area contributed by atoms with Gasteiger partial charge in [-0.15, -0.1) is 0 Å². The smallest absolute Gasteiger partial charge is 0.407 e. The Labute approximate surface area is 100 Å². The molecule has 4 heteroatoms. The second kappa shape index (κ2) is 10.5. The van der Waals surface area contributed by atoms with Gasteiger partial charge in [0.15, 0.2) is 5.78 Å². The highest BCUT2D eigenvalue weighted by Crippen LogP contribution is 2.08. The van der Waals surface area contributed by atoms with E-state index in [1.54, 1.807) is 0 Å². The van der Waals surface area contributed by atoms with Crippen molar-refractivity contribution >= 4 is 11.9 Å². The normalized spacial score (nSPS) is 12.9. The number of hydrogen-bond donors (Lipinski definition) is 1. The molecule has 2 atom stereocenters. The lowest BCUT2D eigenvalue weighted by Crippen LogP contribution is -2.43. The van der Waals surface area contributed by atoms with Crippen LogP contribution in [0, 0.1) is 5.92 Å². The summed E-state index contributed by atoms with van der Waals surface area (Å²) in [4.78, 5) is 22.0. The van der Waals surface area contributed by atoms with Crippen LogP contribution in [0.4, 0.5) is 4.79 Å². The largest absolute Gasteiger partial charge is 0.453 e. The molecule has 4 nitrogen and oxygen atoms in total. The summed E-state index contributed by atoms with van der Waals surface area (Å²) in [6, 6.07) is -0.433. The highest BCUT2D eigenvalue weighted by Gasteiger charge is 2.22. The number of alkyl carbamates (subject to hydrolysis) is 1. The quantitative estimate of drug-likeness (QED) is 0.812. The van der Waals surface area contributed by atoms with Crippen molar-refractivity contribution in [3.05, 3.63) is 0 Å². The van der Waals surface area contributed by atoms with E-state index in [0.717, 1.165) is 6.42 Å². The van der Waals surface area contributed by atoms with E-state index in [0.29, 0.717) is 0 Å². The minimum Gasteiger partial charge on any atom is -0.453 e. The van der Waals surface area contributed by atoms with Crippen LogP contribution >= 0.6 is 0 Å². The Bertz CT molecular complexity index is 210. The van der Waals surface area contributed by atoms with Crippen LogP contribution in [-0.4, -0.2) is 25.0 Å². The summed E-state index contributed by atoms with van der Waals surface area (Å²) in [5.74, 6) is 0.0938. The molecule has 1 unspecified atom stereocenters. The van der Waals surface area contributed by atoms with E-state index >= 15 is 0 Å². The Balaban J connectivity index is -0.000000440. The number of Topliss-reactive ketones (excluding diaryl/α,β-unsaturated/α-hetero) is 1. The van der Waals surface area contributed by atoms with Gasteiger partial charge in [0.25, 0.3) is 0 Å². The molecular weight excluding hydrogens is 206 g/mol. The third kappa shape index (κ3) is 8.26. The van der Waals surface area contributed by atoms with Crippen LogP contribution < -0.4 is 5.32 Å². The zero-order valence-electron chi connectivity index (χ0n) is 11.3. The van der Waals surface area contributed by atoms with Crippen molar-refractivity contribution in [2.45, 2.75) is 53.5 Å². The number of rotatable bonds is 4. The molecule has 0 aliphatic carbocycles. The molecule has 0 aliphatic rings. The lowest BCUT2D eigenvalue weighted by atomic mass is 9.96. The Morgan fingerprint density at radius 3 is 2.00 bits per heavy atom. The number of ketones is 1. The monoisotopic (exact) mass is 233 g/mol. The summed E-state index contributed by atoms with van der Waals surface area (Å²) >= 11 is 0. The predicted molar refractivity (Wildman–Crippen MR) is 67.5 cm³/mol. The molecule has 0 aliphatic heterocycles. The summed E-state index contributed by atoms with van der Waals surface area (Å²) in [6.45, 7) is 9.61. The van der Waals surface area contributed by atoms with Crippen molar-refractivity contribution in [2.75, 3.05) is 7.11 Å². The Kier molecular flexibility index (Phi) is 11.3. The van der Waals surface area contributed by atoms with Gasteiger partial charge < -0.3 is 10.1 Å². The van der Waals surface area contributed by atoms with E-state index in [9.17, 15) is 9.59 Å². The lowest BCUT2D eigenvalue weighted by Gasteiger charge is -2.20. The van der Waals surface area contributed by atoms with Crippen molar-refractivity contribution in [1.29, 1.82) is 0 Å². The molecule has 1 N–H and O–H groups in total. The Morgan fingerprint density at radius 1 is 1.31 bits per heavy atom. The Hall–Kier alpha value is -1.06. The Morgan fingerprint density at radius 2 is 1.75 bits per heavy atom. The number of ether oxygens (including phenoxy) is 1. The SMILES string of the molecule is CCC.CCC(C)[C@H](NC(=O)OC)C(C)=O.[HH]. The van der Waals surface area contributed by atoms with Gasteiger partial charge in [0.05, 0.1) is 13.2 Å². The molecule has 0 heterocycles. The van der Waals surface area contributed by atoms with Gasteiger partial charge in [-0.2, -0.15) is 0 Å². The van der Waals surface area contributed by atoms with Gasteiger partial charge in [-0.1, -0.05) is 40.5 Å². The summed E-state index contributed by atoms with van der Waals surface area (Å²) in [5.41, 5.74) is 0. The maximum atomic E-state index is 11.1. The number of carbonyl (C=O) groups excluding carboxylic acids is 2. The average Bonchev–Trinajstić information content (AvgIpc) is 2.25. The van der Waals surface area contributed by atoms with Crippen LogP contribution in [0.25, 0.3) is 0 Å². The molecule has 0 radical (unpaired) electrons. The number of nitrogens with one attached hydrogen (secondary N) is 1. The molecule has 0 fully saturated rings. The third-order valence-corrected chi connectivity index (χ3v) is 2.11. The minimum absolute atomic E-state index is 0. The van der Waals surface area contributed by atoms with Gasteiger partial charge in [-0.25, -0.2) is 4.79 Å². The number of hydrogen-bond acceptors (Lipinski definition) is 3. The summed E-state index contributed by atoms with van der Waals surface area (Å²) in [7, 11) is 1.28. The van der Waals surface area contributed by atoms with Gasteiger partial charge in [0.1, 0.15) is 0 Å². The fraction of sp³-hybridized carbons (Fsp3) is 0.833. The highest BCUT2D eigenvalue weighted by atomic mass is 16.5. The van der Waals surface area contributed by atoms with Crippen molar-refractivity contribution in [1.82, 2.24) is 5.32 Å². The maximum absolute atomic E-state index is 11.1. The molecule has 0 aromatic heterocycles. The van der Waals surface area contributed by atoms with Gasteiger partial charge in [-0.3, -0.25) is 4.79 Å². The standard InChI is InChI=1S/C9H17NO3.C3H8.H2/c1-5-6(2)8(7(3)11)10-9(12)13-4;1-3-2;/h6,8H,5H2,1-4H3,(H,10,12);3H2,1-2H3;1H/t6?,8-;;/m0../s1. The molecule has 16 heavy (non-hydrogen) atoms. The van der Waals surface area contributed by atoms with E-state index < -0.39 is 12.1 Å². The van der Waals surface area contributed by atoms with Crippen LogP contribution in [-0.2, 0) is 9.53 Å². The second-order valence-corrected chi connectivity index (χ2v) is 3.82. The minimum atomic E-state index is -0.555. The van der Waals surface area contributed by atoms with Gasteiger partial charge in [0.2, 0.25) is 0 Å². The lowest BCUT2D eigenvalue weighted by molar-refractivity contribution is -0.120. The van der Waals surface area contributed by atoms with Gasteiger partial charge in [0, 0.05) is 1.43 Å². The topological polar surface area (TPSA) is 55.4 Å². The fourth-order valence-corrected chi connectivity index (χ4v) is 1.07. The van der Waals surface area contributed by atoms with Crippen molar-refractivity contribution in [3.8, 4) is 0 Å². The van der Waals surface area contributed by atoms with E-state index in [4.69, 9.17) is 0 Å². The molecule has 0 bridgehead atoms. The summed E-state index contributed by atoms with van der Waals surface area (Å²) < 4.78 is 4.42. The number of carbonyl (C=O) groups is 2. The van der Waals surface area contributed by atoms with E-state index in [2.05, 4.69) is 23.9 Å². The first-order chi connectivity index (χ1) is 7.44. The molecule has 0 aromatic carbocycles.